The number of ether oxygens (including phenoxy) is 1. The smallest absolute Gasteiger partial charge is 0.255 e. The van der Waals surface area contributed by atoms with E-state index in [4.69, 9.17) is 4.74 Å². The molecule has 1 amide bonds. The molecule has 0 heterocycles. The van der Waals surface area contributed by atoms with Gasteiger partial charge in [0.2, 0.25) is 0 Å². The van der Waals surface area contributed by atoms with Crippen LogP contribution in [0, 0.1) is 5.82 Å². The molecule has 138 valence electrons. The normalized spacial score (nSPS) is 11.0. The first-order valence-corrected chi connectivity index (χ1v) is 9.85. The quantitative estimate of drug-likeness (QED) is 0.712. The van der Waals surface area contributed by atoms with Gasteiger partial charge in [-0.3, -0.25) is 4.79 Å². The van der Waals surface area contributed by atoms with Crippen LogP contribution in [0.3, 0.4) is 0 Å². The maximum Gasteiger partial charge on any atom is 0.255 e. The number of rotatable bonds is 5. The summed E-state index contributed by atoms with van der Waals surface area (Å²) in [5.41, 5.74) is 0.876. The van der Waals surface area contributed by atoms with Crippen LogP contribution in [0.5, 0.6) is 11.5 Å². The summed E-state index contributed by atoms with van der Waals surface area (Å²) in [5, 5.41) is 2.71. The zero-order valence-electron chi connectivity index (χ0n) is 14.3. The molecule has 0 unspecified atom stereocenters. The molecular weight excluding hydrogens is 369 g/mol. The first kappa shape index (κ1) is 18.6. The SMILES string of the molecule is CS(=O)(=O)c1ccc(C(=O)Nc2ccc(Oc3cccc(F)c3)cc2)cc1. The first-order valence-electron chi connectivity index (χ1n) is 7.96. The van der Waals surface area contributed by atoms with Crippen molar-refractivity contribution in [3.8, 4) is 11.5 Å². The summed E-state index contributed by atoms with van der Waals surface area (Å²) in [6.07, 6.45) is 1.11. The van der Waals surface area contributed by atoms with E-state index in [9.17, 15) is 17.6 Å². The number of carbonyl (C=O) groups is 1. The van der Waals surface area contributed by atoms with Crippen LogP contribution in [0.2, 0.25) is 0 Å². The van der Waals surface area contributed by atoms with E-state index in [2.05, 4.69) is 5.32 Å². The van der Waals surface area contributed by atoms with Gasteiger partial charge in [-0.1, -0.05) is 6.07 Å². The summed E-state index contributed by atoms with van der Waals surface area (Å²) < 4.78 is 41.6. The Kier molecular flexibility index (Phi) is 5.23. The fourth-order valence-corrected chi connectivity index (χ4v) is 2.96. The van der Waals surface area contributed by atoms with Crippen molar-refractivity contribution in [1.29, 1.82) is 0 Å². The summed E-state index contributed by atoms with van der Waals surface area (Å²) in [7, 11) is -3.31. The Morgan fingerprint density at radius 3 is 2.19 bits per heavy atom. The average Bonchev–Trinajstić information content (AvgIpc) is 2.63. The molecule has 0 saturated carbocycles. The van der Waals surface area contributed by atoms with Crippen LogP contribution >= 0.6 is 0 Å². The number of sulfone groups is 1. The van der Waals surface area contributed by atoms with Crippen LogP contribution < -0.4 is 10.1 Å². The van der Waals surface area contributed by atoms with Gasteiger partial charge in [-0.15, -0.1) is 0 Å². The largest absolute Gasteiger partial charge is 0.457 e. The van der Waals surface area contributed by atoms with E-state index in [1.807, 2.05) is 0 Å². The van der Waals surface area contributed by atoms with Gasteiger partial charge in [-0.2, -0.15) is 0 Å². The molecular formula is C20H16FNO4S. The molecule has 27 heavy (non-hydrogen) atoms. The summed E-state index contributed by atoms with van der Waals surface area (Å²) in [4.78, 5) is 12.4. The van der Waals surface area contributed by atoms with Crippen LogP contribution in [0.25, 0.3) is 0 Å². The van der Waals surface area contributed by atoms with Crippen LogP contribution in [-0.2, 0) is 9.84 Å². The molecule has 3 rings (SSSR count). The second-order valence-corrected chi connectivity index (χ2v) is 7.85. The fourth-order valence-electron chi connectivity index (χ4n) is 2.33. The third-order valence-electron chi connectivity index (χ3n) is 3.69. The topological polar surface area (TPSA) is 72.5 Å². The molecule has 3 aromatic rings. The zero-order chi connectivity index (χ0) is 19.4. The molecule has 0 atom stereocenters. The van der Waals surface area contributed by atoms with Crippen molar-refractivity contribution >= 4 is 21.4 Å². The van der Waals surface area contributed by atoms with Crippen LogP contribution in [0.15, 0.2) is 77.7 Å². The third kappa shape index (κ3) is 4.92. The number of nitrogens with one attached hydrogen (secondary N) is 1. The lowest BCUT2D eigenvalue weighted by Crippen LogP contribution is -2.12. The number of anilines is 1. The highest BCUT2D eigenvalue weighted by Crippen LogP contribution is 2.23. The van der Waals surface area contributed by atoms with Gasteiger partial charge in [-0.25, -0.2) is 12.8 Å². The van der Waals surface area contributed by atoms with E-state index in [1.54, 1.807) is 36.4 Å². The van der Waals surface area contributed by atoms with E-state index >= 15 is 0 Å². The third-order valence-corrected chi connectivity index (χ3v) is 4.82. The van der Waals surface area contributed by atoms with Gasteiger partial charge in [0.05, 0.1) is 4.90 Å². The minimum Gasteiger partial charge on any atom is -0.457 e. The lowest BCUT2D eigenvalue weighted by Gasteiger charge is -2.08. The van der Waals surface area contributed by atoms with E-state index in [1.165, 1.54) is 36.4 Å². The molecule has 0 spiro atoms. The van der Waals surface area contributed by atoms with Crippen molar-refractivity contribution < 1.29 is 22.3 Å². The molecule has 0 bridgehead atoms. The van der Waals surface area contributed by atoms with Crippen molar-refractivity contribution in [3.05, 3.63) is 84.2 Å². The van der Waals surface area contributed by atoms with E-state index in [-0.39, 0.29) is 10.8 Å². The molecule has 5 nitrogen and oxygen atoms in total. The second kappa shape index (κ2) is 7.59. The van der Waals surface area contributed by atoms with Gasteiger partial charge in [0.25, 0.3) is 5.91 Å². The fraction of sp³-hybridized carbons (Fsp3) is 0.0500. The highest BCUT2D eigenvalue weighted by molar-refractivity contribution is 7.90. The summed E-state index contributed by atoms with van der Waals surface area (Å²) in [6, 6.07) is 18.1. The number of hydrogen-bond acceptors (Lipinski definition) is 4. The van der Waals surface area contributed by atoms with Gasteiger partial charge in [0.15, 0.2) is 9.84 Å². The Morgan fingerprint density at radius 1 is 0.926 bits per heavy atom. The zero-order valence-corrected chi connectivity index (χ0v) is 15.2. The lowest BCUT2D eigenvalue weighted by atomic mass is 10.2. The summed E-state index contributed by atoms with van der Waals surface area (Å²) in [5.74, 6) is 0.112. The van der Waals surface area contributed by atoms with Crippen LogP contribution in [0.1, 0.15) is 10.4 Å². The molecule has 1 N–H and O–H groups in total. The molecule has 0 aliphatic carbocycles. The van der Waals surface area contributed by atoms with Crippen molar-refractivity contribution in [3.63, 3.8) is 0 Å². The second-order valence-electron chi connectivity index (χ2n) is 5.83. The molecule has 0 radical (unpaired) electrons. The van der Waals surface area contributed by atoms with Gasteiger partial charge in [0, 0.05) is 23.6 Å². The average molecular weight is 385 g/mol. The number of amides is 1. The summed E-state index contributed by atoms with van der Waals surface area (Å²) >= 11 is 0. The van der Waals surface area contributed by atoms with Gasteiger partial charge in [-0.05, 0) is 60.7 Å². The molecule has 0 aliphatic rings. The Bertz CT molecular complexity index is 1060. The maximum atomic E-state index is 13.2. The van der Waals surface area contributed by atoms with Crippen molar-refractivity contribution in [1.82, 2.24) is 0 Å². The van der Waals surface area contributed by atoms with E-state index in [0.29, 0.717) is 22.7 Å². The Labute approximate surface area is 156 Å². The standard InChI is InChI=1S/C20H16FNO4S/c1-27(24,25)19-11-5-14(6-12-19)20(23)22-16-7-9-17(10-8-16)26-18-4-2-3-15(21)13-18/h2-13H,1H3,(H,22,23). The Morgan fingerprint density at radius 2 is 1.59 bits per heavy atom. The van der Waals surface area contributed by atoms with Crippen molar-refractivity contribution in [2.24, 2.45) is 0 Å². The van der Waals surface area contributed by atoms with Crippen molar-refractivity contribution in [2.75, 3.05) is 11.6 Å². The maximum absolute atomic E-state index is 13.2. The molecule has 0 aromatic heterocycles. The van der Waals surface area contributed by atoms with E-state index in [0.717, 1.165) is 6.26 Å². The molecule has 0 saturated heterocycles. The summed E-state index contributed by atoms with van der Waals surface area (Å²) in [6.45, 7) is 0. The highest BCUT2D eigenvalue weighted by atomic mass is 32.2. The van der Waals surface area contributed by atoms with Gasteiger partial charge >= 0.3 is 0 Å². The highest BCUT2D eigenvalue weighted by Gasteiger charge is 2.10. The van der Waals surface area contributed by atoms with E-state index < -0.39 is 15.7 Å². The number of hydrogen-bond donors (Lipinski definition) is 1. The lowest BCUT2D eigenvalue weighted by molar-refractivity contribution is 0.102. The number of carbonyl (C=O) groups excluding carboxylic acids is 1. The number of halogens is 1. The van der Waals surface area contributed by atoms with Gasteiger partial charge < -0.3 is 10.1 Å². The van der Waals surface area contributed by atoms with Crippen LogP contribution in [0.4, 0.5) is 10.1 Å². The predicted molar refractivity (Wildman–Crippen MR) is 100 cm³/mol. The van der Waals surface area contributed by atoms with Crippen molar-refractivity contribution in [2.45, 2.75) is 4.90 Å². The molecule has 0 fully saturated rings. The number of benzene rings is 3. The van der Waals surface area contributed by atoms with Gasteiger partial charge in [0.1, 0.15) is 17.3 Å². The molecule has 7 heteroatoms. The molecule has 3 aromatic carbocycles. The minimum atomic E-state index is -3.31. The first-order chi connectivity index (χ1) is 12.8. The van der Waals surface area contributed by atoms with Crippen LogP contribution in [-0.4, -0.2) is 20.6 Å². The minimum absolute atomic E-state index is 0.151. The predicted octanol–water partition coefficient (Wildman–Crippen LogP) is 4.27. The monoisotopic (exact) mass is 385 g/mol. The Hall–Kier alpha value is -3.19. The molecule has 0 aliphatic heterocycles. The Balaban J connectivity index is 1.66.